The van der Waals surface area contributed by atoms with E-state index in [0.29, 0.717) is 19.7 Å². The van der Waals surface area contributed by atoms with E-state index in [0.717, 1.165) is 10.0 Å². The van der Waals surface area contributed by atoms with Gasteiger partial charge in [0.05, 0.1) is 13.2 Å². The second-order valence-electron chi connectivity index (χ2n) is 3.64. The molecule has 1 amide bonds. The molecule has 0 spiro atoms. The highest BCUT2D eigenvalue weighted by molar-refractivity contribution is 9.10. The Morgan fingerprint density at radius 2 is 2.12 bits per heavy atom. The van der Waals surface area contributed by atoms with E-state index in [9.17, 15) is 4.79 Å². The van der Waals surface area contributed by atoms with Gasteiger partial charge in [-0.25, -0.2) is 4.79 Å². The molecule has 1 aromatic carbocycles. The molecule has 1 aromatic rings. The number of nitrogens with zero attached hydrogens (tertiary/aromatic N) is 1. The van der Waals surface area contributed by atoms with Crippen molar-refractivity contribution in [3.8, 4) is 0 Å². The van der Waals surface area contributed by atoms with Crippen LogP contribution in [-0.4, -0.2) is 35.8 Å². The summed E-state index contributed by atoms with van der Waals surface area (Å²) in [7, 11) is 0. The summed E-state index contributed by atoms with van der Waals surface area (Å²) in [4.78, 5) is 12.2. The predicted octanol–water partition coefficient (Wildman–Crippen LogP) is 2.50. The number of amides is 1. The van der Waals surface area contributed by atoms with Gasteiger partial charge in [0.15, 0.2) is 0 Å². The van der Waals surface area contributed by atoms with Crippen molar-refractivity contribution in [2.45, 2.75) is 6.10 Å². The van der Waals surface area contributed by atoms with Crippen LogP contribution in [0.5, 0.6) is 0 Å². The Hall–Kier alpha value is -1.07. The van der Waals surface area contributed by atoms with Gasteiger partial charge in [0.2, 0.25) is 0 Å². The third-order valence-electron chi connectivity index (χ3n) is 2.58. The van der Waals surface area contributed by atoms with Crippen LogP contribution in [0.2, 0.25) is 0 Å². The van der Waals surface area contributed by atoms with Crippen molar-refractivity contribution >= 4 is 22.0 Å². The fraction of sp³-hybridized carbons (Fsp3) is 0.364. The molecular weight excluding hydrogens is 274 g/mol. The molecule has 1 aliphatic heterocycles. The molecule has 1 N–H and O–H groups in total. The lowest BCUT2D eigenvalue weighted by Gasteiger charge is -2.31. The summed E-state index contributed by atoms with van der Waals surface area (Å²) in [6.45, 7) is 1.30. The fourth-order valence-electron chi connectivity index (χ4n) is 1.70. The Bertz CT molecular complexity index is 379. The first-order valence-corrected chi connectivity index (χ1v) is 5.81. The molecule has 1 aliphatic rings. The Balaban J connectivity index is 2.09. The van der Waals surface area contributed by atoms with Crippen LogP contribution in [0.25, 0.3) is 0 Å². The number of rotatable bonds is 1. The quantitative estimate of drug-likeness (QED) is 0.863. The van der Waals surface area contributed by atoms with Gasteiger partial charge in [-0.3, -0.25) is 0 Å². The van der Waals surface area contributed by atoms with Crippen molar-refractivity contribution < 1.29 is 14.6 Å². The number of carbonyl (C=O) groups is 1. The Morgan fingerprint density at radius 1 is 1.44 bits per heavy atom. The maximum atomic E-state index is 10.8. The van der Waals surface area contributed by atoms with Crippen LogP contribution in [0.15, 0.2) is 28.7 Å². The highest BCUT2D eigenvalue weighted by Crippen LogP contribution is 2.23. The van der Waals surface area contributed by atoms with Gasteiger partial charge in [0.1, 0.15) is 6.10 Å². The monoisotopic (exact) mass is 285 g/mol. The summed E-state index contributed by atoms with van der Waals surface area (Å²) >= 11 is 3.36. The summed E-state index contributed by atoms with van der Waals surface area (Å²) in [5.74, 6) is 0. The molecule has 0 bridgehead atoms. The number of hydrogen-bond donors (Lipinski definition) is 1. The molecular formula is C11H12BrNO3. The number of benzene rings is 1. The van der Waals surface area contributed by atoms with E-state index < -0.39 is 6.09 Å². The van der Waals surface area contributed by atoms with E-state index in [4.69, 9.17) is 9.84 Å². The van der Waals surface area contributed by atoms with Crippen LogP contribution in [0.1, 0.15) is 11.7 Å². The molecule has 1 heterocycles. The summed E-state index contributed by atoms with van der Waals surface area (Å²) in [6, 6.07) is 7.75. The van der Waals surface area contributed by atoms with Gasteiger partial charge in [-0.2, -0.15) is 0 Å². The largest absolute Gasteiger partial charge is 0.465 e. The molecule has 0 radical (unpaired) electrons. The van der Waals surface area contributed by atoms with Gasteiger partial charge >= 0.3 is 6.09 Å². The Morgan fingerprint density at radius 3 is 2.75 bits per heavy atom. The van der Waals surface area contributed by atoms with E-state index in [-0.39, 0.29) is 6.10 Å². The lowest BCUT2D eigenvalue weighted by molar-refractivity contribution is -0.0232. The van der Waals surface area contributed by atoms with Crippen LogP contribution in [0, 0.1) is 0 Å². The fourth-order valence-corrected chi connectivity index (χ4v) is 1.97. The van der Waals surface area contributed by atoms with Gasteiger partial charge in [-0.05, 0) is 17.7 Å². The molecule has 1 fully saturated rings. The summed E-state index contributed by atoms with van der Waals surface area (Å²) in [6.07, 6.45) is -1.04. The first kappa shape index (κ1) is 11.4. The second kappa shape index (κ2) is 4.84. The van der Waals surface area contributed by atoms with E-state index in [1.807, 2.05) is 24.3 Å². The molecule has 2 rings (SSSR count). The maximum absolute atomic E-state index is 10.8. The topological polar surface area (TPSA) is 49.8 Å². The van der Waals surface area contributed by atoms with Crippen molar-refractivity contribution in [3.63, 3.8) is 0 Å². The molecule has 1 atom stereocenters. The average Bonchev–Trinajstić information content (AvgIpc) is 2.30. The van der Waals surface area contributed by atoms with Gasteiger partial charge in [0, 0.05) is 11.0 Å². The van der Waals surface area contributed by atoms with Crippen molar-refractivity contribution in [2.24, 2.45) is 0 Å². The summed E-state index contributed by atoms with van der Waals surface area (Å²) in [5.41, 5.74) is 1.01. The van der Waals surface area contributed by atoms with Crippen LogP contribution >= 0.6 is 15.9 Å². The minimum atomic E-state index is -0.884. The molecule has 0 aliphatic carbocycles. The summed E-state index contributed by atoms with van der Waals surface area (Å²) in [5, 5.41) is 8.91. The number of morpholine rings is 1. The first-order chi connectivity index (χ1) is 7.66. The minimum Gasteiger partial charge on any atom is -0.465 e. The molecule has 0 aromatic heterocycles. The highest BCUT2D eigenvalue weighted by Gasteiger charge is 2.24. The molecule has 5 heteroatoms. The highest BCUT2D eigenvalue weighted by atomic mass is 79.9. The third kappa shape index (κ3) is 2.54. The van der Waals surface area contributed by atoms with Crippen molar-refractivity contribution in [1.29, 1.82) is 0 Å². The third-order valence-corrected chi connectivity index (χ3v) is 3.11. The first-order valence-electron chi connectivity index (χ1n) is 5.02. The van der Waals surface area contributed by atoms with Crippen molar-refractivity contribution in [3.05, 3.63) is 34.3 Å². The maximum Gasteiger partial charge on any atom is 0.407 e. The van der Waals surface area contributed by atoms with E-state index in [1.54, 1.807) is 0 Å². The zero-order valence-electron chi connectivity index (χ0n) is 8.60. The van der Waals surface area contributed by atoms with Crippen molar-refractivity contribution in [2.75, 3.05) is 19.7 Å². The van der Waals surface area contributed by atoms with E-state index in [2.05, 4.69) is 15.9 Å². The second-order valence-corrected chi connectivity index (χ2v) is 4.56. The molecule has 0 saturated carbocycles. The zero-order chi connectivity index (χ0) is 11.5. The lowest BCUT2D eigenvalue weighted by Crippen LogP contribution is -2.41. The Labute approximate surface area is 102 Å². The predicted molar refractivity (Wildman–Crippen MR) is 62.4 cm³/mol. The van der Waals surface area contributed by atoms with Gasteiger partial charge in [0.25, 0.3) is 0 Å². The standard InChI is InChI=1S/C11H12BrNO3/c12-9-3-1-8(2-4-9)10-7-13(11(14)15)5-6-16-10/h1-4,10H,5-7H2,(H,14,15)/t10-/m0/s1. The molecule has 1 saturated heterocycles. The van der Waals surface area contributed by atoms with E-state index >= 15 is 0 Å². The van der Waals surface area contributed by atoms with Crippen LogP contribution in [-0.2, 0) is 4.74 Å². The van der Waals surface area contributed by atoms with E-state index in [1.165, 1.54) is 4.90 Å². The SMILES string of the molecule is O=C(O)N1CCO[C@H](c2ccc(Br)cc2)C1. The molecule has 0 unspecified atom stereocenters. The average molecular weight is 286 g/mol. The van der Waals surface area contributed by atoms with Crippen LogP contribution in [0.4, 0.5) is 4.79 Å². The molecule has 16 heavy (non-hydrogen) atoms. The normalized spacial score (nSPS) is 20.8. The molecule has 4 nitrogen and oxygen atoms in total. The Kier molecular flexibility index (Phi) is 3.46. The van der Waals surface area contributed by atoms with Gasteiger partial charge < -0.3 is 14.7 Å². The van der Waals surface area contributed by atoms with Gasteiger partial charge in [-0.15, -0.1) is 0 Å². The number of halogens is 1. The number of carboxylic acid groups (broad SMARTS) is 1. The number of hydrogen-bond acceptors (Lipinski definition) is 2. The van der Waals surface area contributed by atoms with Crippen molar-refractivity contribution in [1.82, 2.24) is 4.90 Å². The molecule has 86 valence electrons. The van der Waals surface area contributed by atoms with Gasteiger partial charge in [-0.1, -0.05) is 28.1 Å². The minimum absolute atomic E-state index is 0.155. The number of ether oxygens (including phenoxy) is 1. The van der Waals surface area contributed by atoms with Crippen LogP contribution < -0.4 is 0 Å². The smallest absolute Gasteiger partial charge is 0.407 e. The lowest BCUT2D eigenvalue weighted by atomic mass is 10.1. The van der Waals surface area contributed by atoms with Crippen LogP contribution in [0.3, 0.4) is 0 Å². The summed E-state index contributed by atoms with van der Waals surface area (Å²) < 4.78 is 6.57. The zero-order valence-corrected chi connectivity index (χ0v) is 10.2.